The van der Waals surface area contributed by atoms with Gasteiger partial charge in [-0.2, -0.15) is 0 Å². The smallest absolute Gasteiger partial charge is 0.164 e. The van der Waals surface area contributed by atoms with E-state index in [1.165, 1.54) is 6.92 Å². The number of hydrogen-bond acceptors (Lipinski definition) is 4. The molecule has 0 fully saturated rings. The van der Waals surface area contributed by atoms with Gasteiger partial charge in [-0.15, -0.1) is 0 Å². The third-order valence-electron chi connectivity index (χ3n) is 0.833. The molecule has 0 amide bonds. The maximum atomic E-state index is 10.6. The van der Waals surface area contributed by atoms with Crippen molar-refractivity contribution in [3.05, 3.63) is 0 Å². The Morgan fingerprint density at radius 1 is 1.10 bits per heavy atom. The molecule has 4 nitrogen and oxygen atoms in total. The minimum atomic E-state index is -3.38. The first kappa shape index (κ1) is 9.90. The molecule has 0 aliphatic heterocycles. The molecule has 0 aromatic carbocycles. The molecule has 0 heterocycles. The molecule has 0 N–H and O–H groups in total. The van der Waals surface area contributed by atoms with E-state index >= 15 is 0 Å². The minimum absolute atomic E-state index is 0.125. The highest BCUT2D eigenvalue weighted by molar-refractivity contribution is 8.07. The lowest BCUT2D eigenvalue weighted by atomic mass is 11.0. The fourth-order valence-corrected chi connectivity index (χ4v) is 3.69. The van der Waals surface area contributed by atoms with Crippen LogP contribution in [0.15, 0.2) is 0 Å². The Bertz CT molecular complexity index is 283. The molecule has 0 bridgehead atoms. The van der Waals surface area contributed by atoms with E-state index in [9.17, 15) is 16.8 Å². The van der Waals surface area contributed by atoms with Gasteiger partial charge in [-0.1, -0.05) is 6.92 Å². The lowest BCUT2D eigenvalue weighted by molar-refractivity contribution is 0.592. The van der Waals surface area contributed by atoms with Crippen molar-refractivity contribution in [2.75, 3.05) is 17.1 Å². The zero-order chi connectivity index (χ0) is 8.41. The fourth-order valence-electron chi connectivity index (χ4n) is 0.410. The first-order chi connectivity index (χ1) is 4.27. The second-order valence-electron chi connectivity index (χ2n) is 2.08. The third kappa shape index (κ3) is 4.75. The van der Waals surface area contributed by atoms with E-state index in [1.54, 1.807) is 0 Å². The van der Waals surface area contributed by atoms with Crippen LogP contribution in [0.5, 0.6) is 0 Å². The van der Waals surface area contributed by atoms with Crippen molar-refractivity contribution in [1.29, 1.82) is 0 Å². The van der Waals surface area contributed by atoms with Crippen molar-refractivity contribution in [3.8, 4) is 0 Å². The minimum Gasteiger partial charge on any atom is -0.228 e. The van der Waals surface area contributed by atoms with E-state index in [1.807, 2.05) is 0 Å². The first-order valence-electron chi connectivity index (χ1n) is 2.65. The van der Waals surface area contributed by atoms with E-state index in [0.717, 1.165) is 6.26 Å². The van der Waals surface area contributed by atoms with Gasteiger partial charge >= 0.3 is 0 Å². The lowest BCUT2D eigenvalue weighted by Gasteiger charge is -1.96. The maximum absolute atomic E-state index is 10.6. The molecule has 0 aliphatic carbocycles. The highest BCUT2D eigenvalue weighted by Gasteiger charge is 2.14. The van der Waals surface area contributed by atoms with Gasteiger partial charge in [0, 0.05) is 12.0 Å². The van der Waals surface area contributed by atoms with E-state index in [0.29, 0.717) is 0 Å². The lowest BCUT2D eigenvalue weighted by Crippen LogP contribution is -2.16. The summed E-state index contributed by atoms with van der Waals surface area (Å²) in [5.74, 6) is -0.125. The zero-order valence-corrected chi connectivity index (χ0v) is 7.50. The van der Waals surface area contributed by atoms with Crippen LogP contribution in [0.25, 0.3) is 0 Å². The number of sulfone groups is 2. The van der Waals surface area contributed by atoms with Crippen LogP contribution in [-0.4, -0.2) is 33.9 Å². The van der Waals surface area contributed by atoms with Gasteiger partial charge in [0.2, 0.25) is 0 Å². The highest BCUT2D eigenvalue weighted by Crippen LogP contribution is 1.94. The summed E-state index contributed by atoms with van der Waals surface area (Å²) in [5, 5.41) is -0.740. The molecule has 6 heteroatoms. The summed E-state index contributed by atoms with van der Waals surface area (Å²) in [6.45, 7) is 1.42. The van der Waals surface area contributed by atoms with Gasteiger partial charge < -0.3 is 0 Å². The van der Waals surface area contributed by atoms with Crippen LogP contribution >= 0.6 is 0 Å². The molecule has 0 unspecified atom stereocenters. The van der Waals surface area contributed by atoms with E-state index in [4.69, 9.17) is 0 Å². The molecular weight excluding hydrogens is 176 g/mol. The molecule has 0 spiro atoms. The number of rotatable bonds is 3. The van der Waals surface area contributed by atoms with Crippen LogP contribution < -0.4 is 0 Å². The van der Waals surface area contributed by atoms with E-state index in [-0.39, 0.29) is 5.75 Å². The van der Waals surface area contributed by atoms with E-state index in [2.05, 4.69) is 0 Å². The molecule has 0 saturated carbocycles. The van der Waals surface area contributed by atoms with E-state index < -0.39 is 24.8 Å². The normalized spacial score (nSPS) is 13.4. The Kier molecular flexibility index (Phi) is 2.85. The molecule has 10 heavy (non-hydrogen) atoms. The van der Waals surface area contributed by atoms with Crippen molar-refractivity contribution in [3.63, 3.8) is 0 Å². The summed E-state index contributed by atoms with van der Waals surface area (Å²) < 4.78 is 42.1. The van der Waals surface area contributed by atoms with Gasteiger partial charge in [-0.25, -0.2) is 16.8 Å². The van der Waals surface area contributed by atoms with Crippen LogP contribution in [-0.2, 0) is 19.7 Å². The first-order valence-corrected chi connectivity index (χ1v) is 6.53. The Morgan fingerprint density at radius 3 is 1.60 bits per heavy atom. The quantitative estimate of drug-likeness (QED) is 0.591. The summed E-state index contributed by atoms with van der Waals surface area (Å²) in [7, 11) is -6.75. The summed E-state index contributed by atoms with van der Waals surface area (Å²) in [6.07, 6.45) is 0.903. The van der Waals surface area contributed by atoms with Crippen LogP contribution in [0.3, 0.4) is 0 Å². The van der Waals surface area contributed by atoms with Crippen LogP contribution in [0.1, 0.15) is 6.92 Å². The van der Waals surface area contributed by atoms with Gasteiger partial charge in [0.15, 0.2) is 24.8 Å². The molecule has 0 atom stereocenters. The van der Waals surface area contributed by atoms with Crippen LogP contribution in [0.4, 0.5) is 0 Å². The van der Waals surface area contributed by atoms with Crippen molar-refractivity contribution < 1.29 is 16.8 Å². The van der Waals surface area contributed by atoms with Crippen LogP contribution in [0.2, 0.25) is 0 Å². The monoisotopic (exact) mass is 186 g/mol. The Labute approximate surface area is 61.1 Å². The topological polar surface area (TPSA) is 68.3 Å². The molecule has 0 saturated heterocycles. The zero-order valence-electron chi connectivity index (χ0n) is 5.86. The molecular formula is C4H10O4S2. The summed E-state index contributed by atoms with van der Waals surface area (Å²) in [6, 6.07) is 0. The Balaban J connectivity index is 4.49. The average Bonchev–Trinajstić information content (AvgIpc) is 1.60. The third-order valence-corrected chi connectivity index (χ3v) is 4.86. The summed E-state index contributed by atoms with van der Waals surface area (Å²) >= 11 is 0. The SMILES string of the molecule is CCS(=O)(=O)CS(C)(=O)=O. The Morgan fingerprint density at radius 2 is 1.50 bits per heavy atom. The van der Waals surface area contributed by atoms with Gasteiger partial charge in [0.1, 0.15) is 0 Å². The standard InChI is InChI=1S/C4H10O4S2/c1-3-10(7,8)4-9(2,5)6/h3-4H2,1-2H3. The average molecular weight is 186 g/mol. The van der Waals surface area contributed by atoms with Crippen molar-refractivity contribution in [1.82, 2.24) is 0 Å². The highest BCUT2D eigenvalue weighted by atomic mass is 32.3. The predicted molar refractivity (Wildman–Crippen MR) is 39.2 cm³/mol. The second kappa shape index (κ2) is 2.87. The van der Waals surface area contributed by atoms with Crippen molar-refractivity contribution in [2.24, 2.45) is 0 Å². The number of hydrogen-bond donors (Lipinski definition) is 0. The molecule has 0 radical (unpaired) electrons. The van der Waals surface area contributed by atoms with Gasteiger partial charge in [0.05, 0.1) is 0 Å². The predicted octanol–water partition coefficient (Wildman–Crippen LogP) is -0.577. The van der Waals surface area contributed by atoms with Crippen molar-refractivity contribution >= 4 is 19.7 Å². The molecule has 0 aromatic heterocycles. The van der Waals surface area contributed by atoms with Crippen LogP contribution in [0, 0.1) is 0 Å². The van der Waals surface area contributed by atoms with Gasteiger partial charge in [-0.05, 0) is 0 Å². The maximum Gasteiger partial charge on any atom is 0.164 e. The Hall–Kier alpha value is -0.100. The fraction of sp³-hybridized carbons (Fsp3) is 1.00. The molecule has 62 valence electrons. The summed E-state index contributed by atoms with van der Waals surface area (Å²) in [4.78, 5) is 0. The molecule has 0 aromatic rings. The largest absolute Gasteiger partial charge is 0.228 e. The molecule has 0 rings (SSSR count). The van der Waals surface area contributed by atoms with Gasteiger partial charge in [-0.3, -0.25) is 0 Å². The molecule has 0 aliphatic rings. The summed E-state index contributed by atoms with van der Waals surface area (Å²) in [5.41, 5.74) is 0. The van der Waals surface area contributed by atoms with Crippen molar-refractivity contribution in [2.45, 2.75) is 6.92 Å². The second-order valence-corrected chi connectivity index (χ2v) is 6.93. The van der Waals surface area contributed by atoms with Gasteiger partial charge in [0.25, 0.3) is 0 Å².